The maximum Gasteiger partial charge on any atom is 0.223 e. The van der Waals surface area contributed by atoms with Gasteiger partial charge in [-0.1, -0.05) is 12.1 Å². The Labute approximate surface area is 149 Å². The average Bonchev–Trinajstić information content (AvgIpc) is 2.56. The molecular weight excluding hydrogens is 332 g/mol. The van der Waals surface area contributed by atoms with Crippen LogP contribution in [-0.2, 0) is 16.1 Å². The van der Waals surface area contributed by atoms with Gasteiger partial charge in [-0.15, -0.1) is 12.4 Å². The number of rotatable bonds is 7. The van der Waals surface area contributed by atoms with E-state index < -0.39 is 6.10 Å². The number of ether oxygens (including phenoxy) is 2. The number of benzene rings is 1. The molecule has 1 amide bonds. The highest BCUT2D eigenvalue weighted by molar-refractivity contribution is 5.85. The third-order valence-electron chi connectivity index (χ3n) is 4.18. The maximum absolute atomic E-state index is 12.2. The van der Waals surface area contributed by atoms with E-state index in [-0.39, 0.29) is 30.3 Å². The first-order chi connectivity index (χ1) is 11.1. The van der Waals surface area contributed by atoms with Gasteiger partial charge in [0.25, 0.3) is 0 Å². The SMILES string of the molecule is COCCOc1ccc(CNC(=O)[C@H]2CC[C@@H](O)[C@H](N)C2)cc1.Cl. The van der Waals surface area contributed by atoms with Gasteiger partial charge in [-0.25, -0.2) is 0 Å². The number of amides is 1. The van der Waals surface area contributed by atoms with Crippen LogP contribution in [0.15, 0.2) is 24.3 Å². The van der Waals surface area contributed by atoms with Gasteiger partial charge in [0.2, 0.25) is 5.91 Å². The Morgan fingerprint density at radius 3 is 2.62 bits per heavy atom. The first-order valence-electron chi connectivity index (χ1n) is 8.02. The van der Waals surface area contributed by atoms with Crippen LogP contribution in [0, 0.1) is 5.92 Å². The fourth-order valence-electron chi connectivity index (χ4n) is 2.71. The number of methoxy groups -OCH3 is 1. The van der Waals surface area contributed by atoms with Crippen LogP contribution in [0.3, 0.4) is 0 Å². The minimum Gasteiger partial charge on any atom is -0.491 e. The number of carbonyl (C=O) groups is 1. The average molecular weight is 359 g/mol. The number of halogens is 1. The zero-order chi connectivity index (χ0) is 16.7. The molecule has 1 aliphatic carbocycles. The van der Waals surface area contributed by atoms with E-state index in [9.17, 15) is 9.90 Å². The summed E-state index contributed by atoms with van der Waals surface area (Å²) in [6.07, 6.45) is 1.34. The molecule has 2 rings (SSSR count). The van der Waals surface area contributed by atoms with E-state index in [1.807, 2.05) is 24.3 Å². The van der Waals surface area contributed by atoms with Crippen molar-refractivity contribution in [3.05, 3.63) is 29.8 Å². The molecule has 1 saturated carbocycles. The van der Waals surface area contributed by atoms with E-state index in [1.54, 1.807) is 7.11 Å². The molecule has 0 aliphatic heterocycles. The van der Waals surface area contributed by atoms with Crippen molar-refractivity contribution in [3.63, 3.8) is 0 Å². The van der Waals surface area contributed by atoms with Crippen LogP contribution in [0.25, 0.3) is 0 Å². The van der Waals surface area contributed by atoms with Crippen molar-refractivity contribution in [2.75, 3.05) is 20.3 Å². The van der Waals surface area contributed by atoms with Gasteiger partial charge in [0, 0.05) is 25.6 Å². The van der Waals surface area contributed by atoms with Crippen molar-refractivity contribution in [1.29, 1.82) is 0 Å². The first-order valence-corrected chi connectivity index (χ1v) is 8.02. The van der Waals surface area contributed by atoms with Crippen LogP contribution in [0.1, 0.15) is 24.8 Å². The molecule has 4 N–H and O–H groups in total. The predicted octanol–water partition coefficient (Wildman–Crippen LogP) is 1.24. The molecular formula is C17H27ClN2O4. The van der Waals surface area contributed by atoms with E-state index in [2.05, 4.69) is 5.32 Å². The van der Waals surface area contributed by atoms with Crippen LogP contribution < -0.4 is 15.8 Å². The molecule has 7 heteroatoms. The summed E-state index contributed by atoms with van der Waals surface area (Å²) in [5.74, 6) is 0.683. The van der Waals surface area contributed by atoms with Gasteiger partial charge in [-0.05, 0) is 37.0 Å². The van der Waals surface area contributed by atoms with E-state index in [1.165, 1.54) is 0 Å². The highest BCUT2D eigenvalue weighted by Crippen LogP contribution is 2.23. The number of hydrogen-bond acceptors (Lipinski definition) is 5. The number of hydrogen-bond donors (Lipinski definition) is 3. The lowest BCUT2D eigenvalue weighted by atomic mass is 9.83. The fraction of sp³-hybridized carbons (Fsp3) is 0.588. The van der Waals surface area contributed by atoms with Gasteiger partial charge in [-0.3, -0.25) is 4.79 Å². The van der Waals surface area contributed by atoms with E-state index >= 15 is 0 Å². The van der Waals surface area contributed by atoms with Crippen molar-refractivity contribution in [2.45, 2.75) is 38.0 Å². The van der Waals surface area contributed by atoms with Crippen LogP contribution >= 0.6 is 12.4 Å². The van der Waals surface area contributed by atoms with Crippen molar-refractivity contribution in [3.8, 4) is 5.75 Å². The molecule has 1 aromatic rings. The van der Waals surface area contributed by atoms with Crippen LogP contribution in [0.5, 0.6) is 5.75 Å². The Morgan fingerprint density at radius 1 is 1.29 bits per heavy atom. The zero-order valence-electron chi connectivity index (χ0n) is 13.9. The highest BCUT2D eigenvalue weighted by atomic mass is 35.5. The van der Waals surface area contributed by atoms with Gasteiger partial charge in [0.05, 0.1) is 12.7 Å². The standard InChI is InChI=1S/C17H26N2O4.ClH/c1-22-8-9-23-14-5-2-12(3-6-14)11-19-17(21)13-4-7-16(20)15(18)10-13;/h2-3,5-6,13,15-16,20H,4,7-11,18H2,1H3,(H,19,21);1H/t13-,15+,16+;/m0./s1. The molecule has 6 nitrogen and oxygen atoms in total. The second-order valence-electron chi connectivity index (χ2n) is 5.94. The number of nitrogens with one attached hydrogen (secondary N) is 1. The molecule has 0 radical (unpaired) electrons. The smallest absolute Gasteiger partial charge is 0.223 e. The minimum atomic E-state index is -0.482. The third kappa shape index (κ3) is 6.28. The molecule has 1 aromatic carbocycles. The monoisotopic (exact) mass is 358 g/mol. The Morgan fingerprint density at radius 2 is 2.00 bits per heavy atom. The summed E-state index contributed by atoms with van der Waals surface area (Å²) in [6.45, 7) is 1.54. The van der Waals surface area contributed by atoms with Crippen molar-refractivity contribution < 1.29 is 19.4 Å². The highest BCUT2D eigenvalue weighted by Gasteiger charge is 2.30. The lowest BCUT2D eigenvalue weighted by molar-refractivity contribution is -0.127. The number of carbonyl (C=O) groups excluding carboxylic acids is 1. The summed E-state index contributed by atoms with van der Waals surface area (Å²) in [4.78, 5) is 12.2. The molecule has 0 saturated heterocycles. The first kappa shape index (κ1) is 20.7. The second-order valence-corrected chi connectivity index (χ2v) is 5.94. The lowest BCUT2D eigenvalue weighted by Crippen LogP contribution is -2.44. The Kier molecular flexibility index (Phi) is 9.07. The molecule has 0 aromatic heterocycles. The molecule has 0 spiro atoms. The third-order valence-corrected chi connectivity index (χ3v) is 4.18. The topological polar surface area (TPSA) is 93.8 Å². The van der Waals surface area contributed by atoms with Gasteiger partial charge in [0.1, 0.15) is 12.4 Å². The molecule has 1 aliphatic rings. The Hall–Kier alpha value is -1.34. The van der Waals surface area contributed by atoms with Gasteiger partial charge < -0.3 is 25.6 Å². The summed E-state index contributed by atoms with van der Waals surface area (Å²) in [5, 5.41) is 12.6. The van der Waals surface area contributed by atoms with Crippen LogP contribution in [-0.4, -0.2) is 43.5 Å². The van der Waals surface area contributed by atoms with Crippen molar-refractivity contribution in [2.24, 2.45) is 11.7 Å². The molecule has 1 fully saturated rings. The van der Waals surface area contributed by atoms with E-state index in [4.69, 9.17) is 15.2 Å². The van der Waals surface area contributed by atoms with Gasteiger partial charge in [-0.2, -0.15) is 0 Å². The summed E-state index contributed by atoms with van der Waals surface area (Å²) >= 11 is 0. The Bertz CT molecular complexity index is 498. The summed E-state index contributed by atoms with van der Waals surface area (Å²) in [6, 6.07) is 7.31. The molecule has 0 bridgehead atoms. The lowest BCUT2D eigenvalue weighted by Gasteiger charge is -2.30. The largest absolute Gasteiger partial charge is 0.491 e. The molecule has 0 heterocycles. The number of aliphatic hydroxyl groups is 1. The number of nitrogens with two attached hydrogens (primary N) is 1. The normalized spacial score (nSPS) is 23.2. The zero-order valence-corrected chi connectivity index (χ0v) is 14.8. The van der Waals surface area contributed by atoms with E-state index in [0.717, 1.165) is 11.3 Å². The maximum atomic E-state index is 12.2. The minimum absolute atomic E-state index is 0. The molecule has 24 heavy (non-hydrogen) atoms. The van der Waals surface area contributed by atoms with Crippen molar-refractivity contribution >= 4 is 18.3 Å². The summed E-state index contributed by atoms with van der Waals surface area (Å²) in [5.41, 5.74) is 6.84. The summed E-state index contributed by atoms with van der Waals surface area (Å²) < 4.78 is 10.4. The van der Waals surface area contributed by atoms with Crippen molar-refractivity contribution in [1.82, 2.24) is 5.32 Å². The van der Waals surface area contributed by atoms with Gasteiger partial charge in [0.15, 0.2) is 0 Å². The van der Waals surface area contributed by atoms with E-state index in [0.29, 0.717) is 39.0 Å². The predicted molar refractivity (Wildman–Crippen MR) is 94.2 cm³/mol. The van der Waals surface area contributed by atoms with Gasteiger partial charge >= 0.3 is 0 Å². The van der Waals surface area contributed by atoms with Crippen LogP contribution in [0.2, 0.25) is 0 Å². The Balaban J connectivity index is 0.00000288. The summed E-state index contributed by atoms with van der Waals surface area (Å²) in [7, 11) is 1.63. The quantitative estimate of drug-likeness (QED) is 0.637. The molecule has 136 valence electrons. The molecule has 3 atom stereocenters. The fourth-order valence-corrected chi connectivity index (χ4v) is 2.71. The van der Waals surface area contributed by atoms with Crippen LogP contribution in [0.4, 0.5) is 0 Å². The molecule has 0 unspecified atom stereocenters. The second kappa shape index (κ2) is 10.5. The number of aliphatic hydroxyl groups excluding tert-OH is 1.